The van der Waals surface area contributed by atoms with Gasteiger partial charge in [-0.25, -0.2) is 9.78 Å². The SMILES string of the molecule is C=CCn1c(SCc2cc(=O)oc3cc(OC)ccc23)nc2sc3c(c2c1=O)CCCC3. The summed E-state index contributed by atoms with van der Waals surface area (Å²) in [4.78, 5) is 32.5. The molecule has 0 fully saturated rings. The molecule has 32 heavy (non-hydrogen) atoms. The third-order valence-electron chi connectivity index (χ3n) is 5.75. The standard InChI is InChI=1S/C24H22N2O4S2/c1-3-10-26-23(28)21-17-6-4-5-7-19(17)32-22(21)25-24(26)31-13-14-11-20(27)30-18-12-15(29-2)8-9-16(14)18/h3,8-9,11-12H,1,4-7,10,13H2,2H3. The Bertz CT molecular complexity index is 1470. The Morgan fingerprint density at radius 3 is 2.94 bits per heavy atom. The first-order valence-electron chi connectivity index (χ1n) is 10.5. The highest BCUT2D eigenvalue weighted by Crippen LogP contribution is 2.35. The van der Waals surface area contributed by atoms with E-state index < -0.39 is 5.63 Å². The highest BCUT2D eigenvalue weighted by molar-refractivity contribution is 7.98. The second-order valence-electron chi connectivity index (χ2n) is 7.73. The van der Waals surface area contributed by atoms with Crippen LogP contribution in [0, 0.1) is 0 Å². The number of benzene rings is 1. The van der Waals surface area contributed by atoms with Crippen LogP contribution in [0.5, 0.6) is 5.75 Å². The van der Waals surface area contributed by atoms with Gasteiger partial charge in [-0.1, -0.05) is 17.8 Å². The minimum Gasteiger partial charge on any atom is -0.497 e. The Morgan fingerprint density at radius 1 is 1.28 bits per heavy atom. The normalized spacial score (nSPS) is 13.4. The van der Waals surface area contributed by atoms with Crippen molar-refractivity contribution in [1.82, 2.24) is 9.55 Å². The summed E-state index contributed by atoms with van der Waals surface area (Å²) < 4.78 is 12.3. The maximum absolute atomic E-state index is 13.4. The molecule has 0 saturated heterocycles. The molecule has 3 heterocycles. The minimum absolute atomic E-state index is 0.000954. The van der Waals surface area contributed by atoms with Crippen molar-refractivity contribution in [1.29, 1.82) is 0 Å². The zero-order chi connectivity index (χ0) is 22.2. The number of rotatable bonds is 6. The van der Waals surface area contributed by atoms with Crippen LogP contribution in [0.2, 0.25) is 0 Å². The van der Waals surface area contributed by atoms with Crippen LogP contribution in [0.25, 0.3) is 21.2 Å². The van der Waals surface area contributed by atoms with Gasteiger partial charge in [-0.2, -0.15) is 0 Å². The summed E-state index contributed by atoms with van der Waals surface area (Å²) in [6.45, 7) is 4.21. The van der Waals surface area contributed by atoms with Crippen LogP contribution >= 0.6 is 23.1 Å². The molecule has 0 amide bonds. The molecule has 8 heteroatoms. The van der Waals surface area contributed by atoms with E-state index in [4.69, 9.17) is 14.1 Å². The molecule has 0 unspecified atom stereocenters. The van der Waals surface area contributed by atoms with Gasteiger partial charge in [-0.3, -0.25) is 9.36 Å². The predicted octanol–water partition coefficient (Wildman–Crippen LogP) is 4.93. The summed E-state index contributed by atoms with van der Waals surface area (Å²) in [5.41, 5.74) is 2.07. The van der Waals surface area contributed by atoms with E-state index >= 15 is 0 Å². The average Bonchev–Trinajstić information content (AvgIpc) is 3.17. The molecule has 0 aliphatic heterocycles. The Balaban J connectivity index is 1.57. The molecular formula is C24H22N2O4S2. The van der Waals surface area contributed by atoms with Gasteiger partial charge in [-0.15, -0.1) is 17.9 Å². The number of allylic oxidation sites excluding steroid dienone is 1. The Kier molecular flexibility index (Phi) is 5.65. The molecule has 1 aliphatic rings. The third-order valence-corrected chi connectivity index (χ3v) is 7.96. The summed E-state index contributed by atoms with van der Waals surface area (Å²) in [6.07, 6.45) is 5.97. The van der Waals surface area contributed by atoms with Crippen LogP contribution in [0.1, 0.15) is 28.8 Å². The fraction of sp³-hybridized carbons (Fsp3) is 0.292. The van der Waals surface area contributed by atoms with E-state index in [-0.39, 0.29) is 5.56 Å². The maximum atomic E-state index is 13.4. The van der Waals surface area contributed by atoms with Crippen LogP contribution < -0.4 is 15.9 Å². The highest BCUT2D eigenvalue weighted by Gasteiger charge is 2.22. The number of hydrogen-bond acceptors (Lipinski definition) is 7. The van der Waals surface area contributed by atoms with E-state index in [0.29, 0.717) is 28.8 Å². The minimum atomic E-state index is -0.417. The van der Waals surface area contributed by atoms with E-state index in [0.717, 1.165) is 46.8 Å². The zero-order valence-electron chi connectivity index (χ0n) is 17.7. The lowest BCUT2D eigenvalue weighted by Crippen LogP contribution is -2.23. The molecule has 6 nitrogen and oxygen atoms in total. The first-order chi connectivity index (χ1) is 15.6. The van der Waals surface area contributed by atoms with Crippen molar-refractivity contribution in [2.24, 2.45) is 0 Å². The van der Waals surface area contributed by atoms with Gasteiger partial charge in [0.25, 0.3) is 5.56 Å². The average molecular weight is 467 g/mol. The van der Waals surface area contributed by atoms with Gasteiger partial charge in [0.05, 0.1) is 12.5 Å². The van der Waals surface area contributed by atoms with E-state index in [1.807, 2.05) is 12.1 Å². The van der Waals surface area contributed by atoms with E-state index in [1.165, 1.54) is 28.3 Å². The highest BCUT2D eigenvalue weighted by atomic mass is 32.2. The Labute approximate surface area is 192 Å². The number of thiophene rings is 1. The van der Waals surface area contributed by atoms with Gasteiger partial charge in [0.2, 0.25) is 0 Å². The van der Waals surface area contributed by atoms with Gasteiger partial charge in [0.15, 0.2) is 5.16 Å². The fourth-order valence-electron chi connectivity index (χ4n) is 4.22. The first-order valence-corrected chi connectivity index (χ1v) is 12.3. The van der Waals surface area contributed by atoms with Gasteiger partial charge >= 0.3 is 5.63 Å². The van der Waals surface area contributed by atoms with Crippen molar-refractivity contribution in [2.45, 2.75) is 43.1 Å². The predicted molar refractivity (Wildman–Crippen MR) is 129 cm³/mol. The Morgan fingerprint density at radius 2 is 2.12 bits per heavy atom. The second kappa shape index (κ2) is 8.60. The van der Waals surface area contributed by atoms with Crippen LogP contribution in [0.3, 0.4) is 0 Å². The van der Waals surface area contributed by atoms with E-state index in [9.17, 15) is 9.59 Å². The molecule has 1 aromatic carbocycles. The fourth-order valence-corrected chi connectivity index (χ4v) is 6.52. The monoisotopic (exact) mass is 466 g/mol. The molecule has 164 valence electrons. The molecule has 0 N–H and O–H groups in total. The maximum Gasteiger partial charge on any atom is 0.336 e. The quantitative estimate of drug-likeness (QED) is 0.174. The van der Waals surface area contributed by atoms with E-state index in [1.54, 1.807) is 35.2 Å². The lowest BCUT2D eigenvalue weighted by Gasteiger charge is -2.12. The molecule has 3 aromatic heterocycles. The summed E-state index contributed by atoms with van der Waals surface area (Å²) in [5, 5.41) is 2.24. The smallest absolute Gasteiger partial charge is 0.336 e. The first kappa shape index (κ1) is 21.0. The Hall–Kier alpha value is -2.84. The second-order valence-corrected chi connectivity index (χ2v) is 9.76. The van der Waals surface area contributed by atoms with Gasteiger partial charge < -0.3 is 9.15 Å². The van der Waals surface area contributed by atoms with Crippen molar-refractivity contribution in [3.63, 3.8) is 0 Å². The molecule has 1 aliphatic carbocycles. The number of fused-ring (bicyclic) bond motifs is 4. The third kappa shape index (κ3) is 3.67. The summed E-state index contributed by atoms with van der Waals surface area (Å²) in [6, 6.07) is 6.93. The summed E-state index contributed by atoms with van der Waals surface area (Å²) in [5.74, 6) is 1.10. The van der Waals surface area contributed by atoms with Crippen LogP contribution in [-0.4, -0.2) is 16.7 Å². The topological polar surface area (TPSA) is 74.3 Å². The molecule has 0 atom stereocenters. The number of aryl methyl sites for hydroxylation is 2. The number of nitrogens with zero attached hydrogens (tertiary/aromatic N) is 2. The van der Waals surface area contributed by atoms with Crippen molar-refractivity contribution in [2.75, 3.05) is 7.11 Å². The largest absolute Gasteiger partial charge is 0.497 e. The molecule has 5 rings (SSSR count). The van der Waals surface area contributed by atoms with Gasteiger partial charge in [-0.05, 0) is 48.9 Å². The van der Waals surface area contributed by atoms with Crippen molar-refractivity contribution in [3.05, 3.63) is 73.7 Å². The summed E-state index contributed by atoms with van der Waals surface area (Å²) >= 11 is 3.09. The lowest BCUT2D eigenvalue weighted by atomic mass is 9.97. The molecular weight excluding hydrogens is 444 g/mol. The van der Waals surface area contributed by atoms with E-state index in [2.05, 4.69) is 6.58 Å². The number of thioether (sulfide) groups is 1. The molecule has 4 aromatic rings. The van der Waals surface area contributed by atoms with Crippen LogP contribution in [-0.2, 0) is 25.1 Å². The van der Waals surface area contributed by atoms with Crippen molar-refractivity contribution < 1.29 is 9.15 Å². The van der Waals surface area contributed by atoms with Crippen molar-refractivity contribution in [3.8, 4) is 5.75 Å². The number of methoxy groups -OCH3 is 1. The van der Waals surface area contributed by atoms with Crippen LogP contribution in [0.15, 0.2) is 56.1 Å². The lowest BCUT2D eigenvalue weighted by molar-refractivity contribution is 0.414. The van der Waals surface area contributed by atoms with Crippen LogP contribution in [0.4, 0.5) is 0 Å². The molecule has 0 saturated carbocycles. The summed E-state index contributed by atoms with van der Waals surface area (Å²) in [7, 11) is 1.57. The molecule has 0 bridgehead atoms. The number of ether oxygens (including phenoxy) is 1. The number of hydrogen-bond donors (Lipinski definition) is 0. The van der Waals surface area contributed by atoms with Gasteiger partial charge in [0.1, 0.15) is 16.2 Å². The number of aromatic nitrogens is 2. The molecule has 0 radical (unpaired) electrons. The van der Waals surface area contributed by atoms with Gasteiger partial charge in [0, 0.05) is 34.7 Å². The molecule has 0 spiro atoms. The zero-order valence-corrected chi connectivity index (χ0v) is 19.3. The van der Waals surface area contributed by atoms with Crippen molar-refractivity contribution >= 4 is 44.3 Å².